The summed E-state index contributed by atoms with van der Waals surface area (Å²) in [6.07, 6.45) is 0. The van der Waals surface area contributed by atoms with Crippen LogP contribution >= 0.6 is 11.6 Å². The molecule has 0 spiro atoms. The second-order valence-corrected chi connectivity index (χ2v) is 5.38. The number of Topliss-reactive ketones (excluding diaryl/α,β-unsaturated/α-hetero) is 1. The smallest absolute Gasteiger partial charge is 0.299 e. The summed E-state index contributed by atoms with van der Waals surface area (Å²) in [5, 5.41) is 0.533. The lowest BCUT2D eigenvalue weighted by Gasteiger charge is -2.17. The Morgan fingerprint density at radius 3 is 2.62 bits per heavy atom. The number of hydrogen-bond donors (Lipinski definition) is 0. The van der Waals surface area contributed by atoms with E-state index in [0.717, 1.165) is 17.2 Å². The minimum Gasteiger partial charge on any atom is -0.300 e. The highest BCUT2D eigenvalue weighted by Gasteiger charge is 2.36. The van der Waals surface area contributed by atoms with E-state index in [0.29, 0.717) is 10.7 Å². The third kappa shape index (κ3) is 2.32. The average Bonchev–Trinajstić information content (AvgIpc) is 2.66. The second-order valence-electron chi connectivity index (χ2n) is 4.98. The summed E-state index contributed by atoms with van der Waals surface area (Å²) in [6, 6.07) is 9.26. The molecule has 0 radical (unpaired) electrons. The van der Waals surface area contributed by atoms with Crippen molar-refractivity contribution in [1.82, 2.24) is 0 Å². The number of amides is 1. The summed E-state index contributed by atoms with van der Waals surface area (Å²) in [7, 11) is 0. The maximum Gasteiger partial charge on any atom is 0.299 e. The Morgan fingerprint density at radius 2 is 1.90 bits per heavy atom. The minimum absolute atomic E-state index is 0.100. The molecule has 1 aliphatic heterocycles. The van der Waals surface area contributed by atoms with E-state index in [2.05, 4.69) is 0 Å². The van der Waals surface area contributed by atoms with Crippen molar-refractivity contribution < 1.29 is 14.0 Å². The SMILES string of the molecule is Cc1ccc(CN2C(=O)C(=O)c3cc(F)ccc32)c(Cl)c1. The molecule has 3 rings (SSSR count). The quantitative estimate of drug-likeness (QED) is 0.796. The fourth-order valence-electron chi connectivity index (χ4n) is 2.38. The summed E-state index contributed by atoms with van der Waals surface area (Å²) in [6.45, 7) is 2.10. The first-order valence-electron chi connectivity index (χ1n) is 6.38. The number of carbonyl (C=O) groups is 2. The van der Waals surface area contributed by atoms with E-state index in [1.165, 1.54) is 17.0 Å². The van der Waals surface area contributed by atoms with Crippen molar-refractivity contribution in [3.63, 3.8) is 0 Å². The maximum atomic E-state index is 13.2. The van der Waals surface area contributed by atoms with E-state index in [1.54, 1.807) is 6.07 Å². The Bertz CT molecular complexity index is 773. The van der Waals surface area contributed by atoms with E-state index in [9.17, 15) is 14.0 Å². The van der Waals surface area contributed by atoms with Gasteiger partial charge in [0.25, 0.3) is 11.7 Å². The molecule has 0 atom stereocenters. The highest BCUT2D eigenvalue weighted by atomic mass is 35.5. The van der Waals surface area contributed by atoms with Gasteiger partial charge in [-0.3, -0.25) is 9.59 Å². The summed E-state index contributed by atoms with van der Waals surface area (Å²) < 4.78 is 13.2. The van der Waals surface area contributed by atoms with E-state index >= 15 is 0 Å². The number of rotatable bonds is 2. The number of benzene rings is 2. The Labute approximate surface area is 125 Å². The minimum atomic E-state index is -0.687. The second kappa shape index (κ2) is 4.97. The van der Waals surface area contributed by atoms with Gasteiger partial charge in [-0.1, -0.05) is 23.7 Å². The Kier molecular flexibility index (Phi) is 3.26. The van der Waals surface area contributed by atoms with E-state index in [-0.39, 0.29) is 12.1 Å². The molecule has 0 aliphatic carbocycles. The summed E-state index contributed by atoms with van der Waals surface area (Å²) in [5.74, 6) is -1.88. The van der Waals surface area contributed by atoms with Gasteiger partial charge in [-0.2, -0.15) is 0 Å². The maximum absolute atomic E-state index is 13.2. The standard InChI is InChI=1S/C16H11ClFNO2/c1-9-2-3-10(13(17)6-9)8-19-14-5-4-11(18)7-12(14)15(20)16(19)21/h2-7H,8H2,1H3. The molecule has 1 amide bonds. The highest BCUT2D eigenvalue weighted by Crippen LogP contribution is 2.32. The molecular weight excluding hydrogens is 293 g/mol. The number of hydrogen-bond acceptors (Lipinski definition) is 2. The van der Waals surface area contributed by atoms with Gasteiger partial charge in [-0.15, -0.1) is 0 Å². The van der Waals surface area contributed by atoms with Gasteiger partial charge in [0.05, 0.1) is 17.8 Å². The molecule has 3 nitrogen and oxygen atoms in total. The van der Waals surface area contributed by atoms with Crippen LogP contribution in [0.1, 0.15) is 21.5 Å². The van der Waals surface area contributed by atoms with Gasteiger partial charge in [0, 0.05) is 5.02 Å². The molecule has 0 bridgehead atoms. The van der Waals surface area contributed by atoms with Crippen LogP contribution in [0.25, 0.3) is 0 Å². The molecule has 5 heteroatoms. The third-order valence-corrected chi connectivity index (χ3v) is 3.82. The van der Waals surface area contributed by atoms with Crippen molar-refractivity contribution in [3.8, 4) is 0 Å². The molecule has 1 aliphatic rings. The molecule has 2 aromatic rings. The molecule has 0 aromatic heterocycles. The molecule has 1 heterocycles. The number of fused-ring (bicyclic) bond motifs is 1. The van der Waals surface area contributed by atoms with Crippen LogP contribution < -0.4 is 4.90 Å². The first kappa shape index (κ1) is 13.8. The summed E-state index contributed by atoms with van der Waals surface area (Å²) >= 11 is 6.16. The topological polar surface area (TPSA) is 37.4 Å². The van der Waals surface area contributed by atoms with Crippen molar-refractivity contribution in [1.29, 1.82) is 0 Å². The zero-order valence-electron chi connectivity index (χ0n) is 11.2. The Hall–Kier alpha value is -2.20. The Morgan fingerprint density at radius 1 is 1.14 bits per heavy atom. The van der Waals surface area contributed by atoms with Gasteiger partial charge in [0.1, 0.15) is 5.82 Å². The molecule has 0 fully saturated rings. The van der Waals surface area contributed by atoms with Gasteiger partial charge in [0.15, 0.2) is 0 Å². The normalized spacial score (nSPS) is 13.8. The van der Waals surface area contributed by atoms with Gasteiger partial charge >= 0.3 is 0 Å². The number of anilines is 1. The predicted octanol–water partition coefficient (Wildman–Crippen LogP) is 3.52. The van der Waals surface area contributed by atoms with E-state index in [1.807, 2.05) is 19.1 Å². The molecule has 106 valence electrons. The van der Waals surface area contributed by atoms with Crippen molar-refractivity contribution in [2.45, 2.75) is 13.5 Å². The van der Waals surface area contributed by atoms with Gasteiger partial charge in [-0.05, 0) is 42.3 Å². The zero-order valence-corrected chi connectivity index (χ0v) is 11.9. The number of halogens is 2. The zero-order chi connectivity index (χ0) is 15.1. The number of nitrogens with zero attached hydrogens (tertiary/aromatic N) is 1. The third-order valence-electron chi connectivity index (χ3n) is 3.47. The van der Waals surface area contributed by atoms with Gasteiger partial charge in [0.2, 0.25) is 0 Å². The summed E-state index contributed by atoms with van der Waals surface area (Å²) in [4.78, 5) is 25.3. The molecule has 0 N–H and O–H groups in total. The van der Waals surface area contributed by atoms with E-state index in [4.69, 9.17) is 11.6 Å². The predicted molar refractivity (Wildman–Crippen MR) is 78.1 cm³/mol. The molecule has 0 saturated heterocycles. The van der Waals surface area contributed by atoms with Gasteiger partial charge in [-0.25, -0.2) is 4.39 Å². The monoisotopic (exact) mass is 303 g/mol. The number of carbonyl (C=O) groups excluding carboxylic acids is 2. The first-order chi connectivity index (χ1) is 9.97. The van der Waals surface area contributed by atoms with Crippen molar-refractivity contribution in [3.05, 3.63) is 63.9 Å². The van der Waals surface area contributed by atoms with E-state index < -0.39 is 17.5 Å². The van der Waals surface area contributed by atoms with Crippen LogP contribution in [-0.4, -0.2) is 11.7 Å². The molecule has 0 unspecified atom stereocenters. The van der Waals surface area contributed by atoms with Crippen molar-refractivity contribution in [2.75, 3.05) is 4.90 Å². The van der Waals surface area contributed by atoms with Crippen LogP contribution in [0.4, 0.5) is 10.1 Å². The van der Waals surface area contributed by atoms with Crippen LogP contribution in [0.5, 0.6) is 0 Å². The van der Waals surface area contributed by atoms with Crippen LogP contribution in [-0.2, 0) is 11.3 Å². The van der Waals surface area contributed by atoms with Crippen molar-refractivity contribution >= 4 is 29.0 Å². The van der Waals surface area contributed by atoms with Crippen LogP contribution in [0.2, 0.25) is 5.02 Å². The fraction of sp³-hybridized carbons (Fsp3) is 0.125. The molecule has 2 aromatic carbocycles. The highest BCUT2D eigenvalue weighted by molar-refractivity contribution is 6.52. The van der Waals surface area contributed by atoms with Crippen molar-refractivity contribution in [2.24, 2.45) is 0 Å². The largest absolute Gasteiger partial charge is 0.300 e. The molecule has 21 heavy (non-hydrogen) atoms. The lowest BCUT2D eigenvalue weighted by Crippen LogP contribution is -2.29. The summed E-state index contributed by atoms with van der Waals surface area (Å²) in [5.41, 5.74) is 2.27. The average molecular weight is 304 g/mol. The lowest BCUT2D eigenvalue weighted by atomic mass is 10.1. The number of ketones is 1. The Balaban J connectivity index is 2.00. The lowest BCUT2D eigenvalue weighted by molar-refractivity contribution is -0.114. The first-order valence-corrected chi connectivity index (χ1v) is 6.76. The van der Waals surface area contributed by atoms with Crippen LogP contribution in [0, 0.1) is 12.7 Å². The molecule has 0 saturated carbocycles. The fourth-order valence-corrected chi connectivity index (χ4v) is 2.68. The van der Waals surface area contributed by atoms with Crippen LogP contribution in [0.3, 0.4) is 0 Å². The van der Waals surface area contributed by atoms with Crippen LogP contribution in [0.15, 0.2) is 36.4 Å². The van der Waals surface area contributed by atoms with Gasteiger partial charge < -0.3 is 4.90 Å². The number of aryl methyl sites for hydroxylation is 1. The molecular formula is C16H11ClFNO2.